The minimum Gasteiger partial charge on any atom is -0.392 e. The molecule has 0 aliphatic heterocycles. The van der Waals surface area contributed by atoms with Crippen LogP contribution in [0.25, 0.3) is 11.1 Å². The molecule has 2 rings (SSSR count). The Bertz CT molecular complexity index is 517. The van der Waals surface area contributed by atoms with E-state index < -0.39 is 0 Å². The van der Waals surface area contributed by atoms with E-state index in [4.69, 9.17) is 0 Å². The van der Waals surface area contributed by atoms with E-state index >= 15 is 0 Å². The second kappa shape index (κ2) is 7.10. The van der Waals surface area contributed by atoms with Crippen molar-refractivity contribution in [3.05, 3.63) is 59.7 Å². The fourth-order valence-corrected chi connectivity index (χ4v) is 2.49. The van der Waals surface area contributed by atoms with Crippen LogP contribution in [0, 0.1) is 0 Å². The molecule has 0 aromatic heterocycles. The molecule has 100 valence electrons. The Morgan fingerprint density at radius 1 is 0.789 bits per heavy atom. The Labute approximate surface area is 115 Å². The summed E-state index contributed by atoms with van der Waals surface area (Å²) < 4.78 is 0. The van der Waals surface area contributed by atoms with Gasteiger partial charge in [-0.1, -0.05) is 68.3 Å². The van der Waals surface area contributed by atoms with Crippen LogP contribution in [-0.4, -0.2) is 5.11 Å². The molecule has 0 amide bonds. The third-order valence-corrected chi connectivity index (χ3v) is 3.54. The quantitative estimate of drug-likeness (QED) is 0.748. The number of hydrogen-bond donors (Lipinski definition) is 1. The molecule has 0 heterocycles. The van der Waals surface area contributed by atoms with Crippen molar-refractivity contribution < 1.29 is 5.11 Å². The van der Waals surface area contributed by atoms with Gasteiger partial charge in [-0.25, -0.2) is 0 Å². The summed E-state index contributed by atoms with van der Waals surface area (Å²) in [5, 5.41) is 9.48. The maximum Gasteiger partial charge on any atom is 0.0687 e. The fourth-order valence-electron chi connectivity index (χ4n) is 2.49. The molecule has 2 aromatic carbocycles. The molecule has 0 aliphatic rings. The highest BCUT2D eigenvalue weighted by Crippen LogP contribution is 2.28. The van der Waals surface area contributed by atoms with Gasteiger partial charge in [-0.3, -0.25) is 0 Å². The van der Waals surface area contributed by atoms with Crippen molar-refractivity contribution in [3.8, 4) is 11.1 Å². The summed E-state index contributed by atoms with van der Waals surface area (Å²) in [6, 6.07) is 16.7. The zero-order chi connectivity index (χ0) is 13.5. The molecule has 1 heteroatoms. The van der Waals surface area contributed by atoms with E-state index in [1.165, 1.54) is 30.4 Å². The van der Waals surface area contributed by atoms with Crippen LogP contribution in [-0.2, 0) is 13.0 Å². The Balaban J connectivity index is 2.33. The molecule has 2 aromatic rings. The largest absolute Gasteiger partial charge is 0.392 e. The van der Waals surface area contributed by atoms with Crippen molar-refractivity contribution in [2.75, 3.05) is 0 Å². The molecule has 0 bridgehead atoms. The lowest BCUT2D eigenvalue weighted by Crippen LogP contribution is -1.94. The van der Waals surface area contributed by atoms with Gasteiger partial charge in [-0.15, -0.1) is 0 Å². The van der Waals surface area contributed by atoms with Gasteiger partial charge in [0.1, 0.15) is 0 Å². The number of aliphatic hydroxyl groups is 1. The van der Waals surface area contributed by atoms with Crippen molar-refractivity contribution in [3.63, 3.8) is 0 Å². The van der Waals surface area contributed by atoms with E-state index in [1.54, 1.807) is 0 Å². The second-order valence-electron chi connectivity index (χ2n) is 4.93. The highest BCUT2D eigenvalue weighted by Gasteiger charge is 2.07. The Morgan fingerprint density at radius 2 is 1.37 bits per heavy atom. The number of aliphatic hydroxyl groups excluding tert-OH is 1. The predicted molar refractivity (Wildman–Crippen MR) is 81.0 cm³/mol. The van der Waals surface area contributed by atoms with Crippen molar-refractivity contribution in [2.24, 2.45) is 0 Å². The summed E-state index contributed by atoms with van der Waals surface area (Å²) in [7, 11) is 0. The molecule has 1 N–H and O–H groups in total. The van der Waals surface area contributed by atoms with E-state index in [-0.39, 0.29) is 6.61 Å². The van der Waals surface area contributed by atoms with Crippen LogP contribution in [0.1, 0.15) is 37.3 Å². The van der Waals surface area contributed by atoms with Gasteiger partial charge in [0, 0.05) is 0 Å². The highest BCUT2D eigenvalue weighted by molar-refractivity contribution is 5.70. The smallest absolute Gasteiger partial charge is 0.0687 e. The topological polar surface area (TPSA) is 20.2 Å². The molecule has 0 radical (unpaired) electrons. The average molecular weight is 254 g/mol. The van der Waals surface area contributed by atoms with Crippen LogP contribution in [0.3, 0.4) is 0 Å². The van der Waals surface area contributed by atoms with Crippen LogP contribution >= 0.6 is 0 Å². The van der Waals surface area contributed by atoms with Crippen molar-refractivity contribution >= 4 is 0 Å². The Morgan fingerprint density at radius 3 is 2.00 bits per heavy atom. The summed E-state index contributed by atoms with van der Waals surface area (Å²) in [6.45, 7) is 2.33. The van der Waals surface area contributed by atoms with Gasteiger partial charge < -0.3 is 5.11 Å². The number of benzene rings is 2. The van der Waals surface area contributed by atoms with Gasteiger partial charge in [0.2, 0.25) is 0 Å². The van der Waals surface area contributed by atoms with Gasteiger partial charge >= 0.3 is 0 Å². The third-order valence-electron chi connectivity index (χ3n) is 3.54. The van der Waals surface area contributed by atoms with E-state index in [1.807, 2.05) is 18.2 Å². The molecule has 0 fully saturated rings. The first-order valence-electron chi connectivity index (χ1n) is 7.14. The minimum absolute atomic E-state index is 0.0967. The van der Waals surface area contributed by atoms with E-state index in [9.17, 15) is 5.11 Å². The molecule has 19 heavy (non-hydrogen) atoms. The molecular weight excluding hydrogens is 232 g/mol. The highest BCUT2D eigenvalue weighted by atomic mass is 16.3. The first-order valence-corrected chi connectivity index (χ1v) is 7.14. The maximum atomic E-state index is 9.48. The summed E-state index contributed by atoms with van der Waals surface area (Å²) in [5.74, 6) is 0. The van der Waals surface area contributed by atoms with Gasteiger partial charge in [-0.05, 0) is 35.1 Å². The average Bonchev–Trinajstić information content (AvgIpc) is 2.48. The zero-order valence-corrected chi connectivity index (χ0v) is 11.6. The van der Waals surface area contributed by atoms with E-state index in [2.05, 4.69) is 37.3 Å². The lowest BCUT2D eigenvalue weighted by atomic mass is 9.93. The molecule has 0 saturated carbocycles. The van der Waals surface area contributed by atoms with E-state index in [0.29, 0.717) is 0 Å². The lowest BCUT2D eigenvalue weighted by molar-refractivity contribution is 0.282. The number of rotatable bonds is 6. The molecule has 0 spiro atoms. The van der Waals surface area contributed by atoms with Crippen LogP contribution in [0.15, 0.2) is 48.5 Å². The van der Waals surface area contributed by atoms with Crippen LogP contribution in [0.4, 0.5) is 0 Å². The third kappa shape index (κ3) is 3.45. The number of hydrogen-bond acceptors (Lipinski definition) is 1. The van der Waals surface area contributed by atoms with Gasteiger partial charge in [0.25, 0.3) is 0 Å². The SMILES string of the molecule is CCCCCc1ccccc1-c1ccccc1CO. The van der Waals surface area contributed by atoms with Crippen LogP contribution < -0.4 is 0 Å². The van der Waals surface area contributed by atoms with Crippen LogP contribution in [0.5, 0.6) is 0 Å². The normalized spacial score (nSPS) is 10.6. The molecule has 0 aliphatic carbocycles. The molecule has 1 nitrogen and oxygen atoms in total. The summed E-state index contributed by atoms with van der Waals surface area (Å²) in [5.41, 5.74) is 4.82. The maximum absolute atomic E-state index is 9.48. The van der Waals surface area contributed by atoms with Crippen molar-refractivity contribution in [2.45, 2.75) is 39.2 Å². The number of unbranched alkanes of at least 4 members (excludes halogenated alkanes) is 2. The fraction of sp³-hybridized carbons (Fsp3) is 0.333. The van der Waals surface area contributed by atoms with Crippen molar-refractivity contribution in [1.29, 1.82) is 0 Å². The van der Waals surface area contributed by atoms with Gasteiger partial charge in [0.05, 0.1) is 6.61 Å². The summed E-state index contributed by atoms with van der Waals surface area (Å²) >= 11 is 0. The van der Waals surface area contributed by atoms with E-state index in [0.717, 1.165) is 17.5 Å². The second-order valence-corrected chi connectivity index (χ2v) is 4.93. The molecule has 0 atom stereocenters. The van der Waals surface area contributed by atoms with Gasteiger partial charge in [0.15, 0.2) is 0 Å². The summed E-state index contributed by atoms with van der Waals surface area (Å²) in [6.07, 6.45) is 4.87. The molecule has 0 saturated heterocycles. The number of aryl methyl sites for hydroxylation is 1. The molecular formula is C18H22O. The lowest BCUT2D eigenvalue weighted by Gasteiger charge is -2.12. The standard InChI is InChI=1S/C18H22O/c1-2-3-4-9-15-10-5-7-12-17(15)18-13-8-6-11-16(18)14-19/h5-8,10-13,19H,2-4,9,14H2,1H3. The van der Waals surface area contributed by atoms with Crippen LogP contribution in [0.2, 0.25) is 0 Å². The zero-order valence-electron chi connectivity index (χ0n) is 11.6. The van der Waals surface area contributed by atoms with Gasteiger partial charge in [-0.2, -0.15) is 0 Å². The minimum atomic E-state index is 0.0967. The Hall–Kier alpha value is -1.60. The summed E-state index contributed by atoms with van der Waals surface area (Å²) in [4.78, 5) is 0. The predicted octanol–water partition coefficient (Wildman–Crippen LogP) is 4.58. The first-order chi connectivity index (χ1) is 9.36. The first kappa shape index (κ1) is 13.8. The Kier molecular flexibility index (Phi) is 5.17. The monoisotopic (exact) mass is 254 g/mol. The molecule has 0 unspecified atom stereocenters. The van der Waals surface area contributed by atoms with Crippen molar-refractivity contribution in [1.82, 2.24) is 0 Å².